The van der Waals surface area contributed by atoms with Gasteiger partial charge in [0.25, 0.3) is 0 Å². The number of methoxy groups -OCH3 is 1. The van der Waals surface area contributed by atoms with Crippen molar-refractivity contribution in [1.82, 2.24) is 10.2 Å². The summed E-state index contributed by atoms with van der Waals surface area (Å²) in [5.41, 5.74) is 0.742. The van der Waals surface area contributed by atoms with Gasteiger partial charge in [0, 0.05) is 18.3 Å². The first-order valence-corrected chi connectivity index (χ1v) is 8.26. The Balaban J connectivity index is 1.57. The summed E-state index contributed by atoms with van der Waals surface area (Å²) in [5, 5.41) is 14.9. The number of benzene rings is 1. The van der Waals surface area contributed by atoms with Crippen LogP contribution in [-0.4, -0.2) is 55.4 Å². The van der Waals surface area contributed by atoms with E-state index in [-0.39, 0.29) is 12.6 Å². The van der Waals surface area contributed by atoms with Crippen molar-refractivity contribution >= 4 is 11.7 Å². The van der Waals surface area contributed by atoms with Gasteiger partial charge in [0.2, 0.25) is 0 Å². The van der Waals surface area contributed by atoms with Crippen molar-refractivity contribution in [2.45, 2.75) is 31.7 Å². The molecule has 1 aliphatic rings. The summed E-state index contributed by atoms with van der Waals surface area (Å²) in [7, 11) is 1.61. The first-order chi connectivity index (χ1) is 11.2. The summed E-state index contributed by atoms with van der Waals surface area (Å²) in [6.45, 7) is 2.98. The summed E-state index contributed by atoms with van der Waals surface area (Å²) < 4.78 is 5.08. The van der Waals surface area contributed by atoms with E-state index < -0.39 is 0 Å². The minimum Gasteiger partial charge on any atom is -0.497 e. The van der Waals surface area contributed by atoms with Gasteiger partial charge in [-0.15, -0.1) is 0 Å². The zero-order valence-electron chi connectivity index (χ0n) is 13.8. The number of anilines is 1. The molecule has 1 aromatic rings. The standard InChI is InChI=1S/C17H27N3O3/c1-23-16-8-6-14(7-9-16)19-17(22)18-10-2-3-11-20-12-4-5-15(20)13-21/h6-9,15,21H,2-5,10-13H2,1H3,(H2,18,19,22). The molecule has 1 atom stereocenters. The minimum atomic E-state index is -0.190. The van der Waals surface area contributed by atoms with E-state index in [0.29, 0.717) is 12.6 Å². The molecule has 6 nitrogen and oxygen atoms in total. The molecule has 1 fully saturated rings. The highest BCUT2D eigenvalue weighted by atomic mass is 16.5. The van der Waals surface area contributed by atoms with Crippen LogP contribution >= 0.6 is 0 Å². The van der Waals surface area contributed by atoms with Gasteiger partial charge < -0.3 is 20.5 Å². The number of likely N-dealkylation sites (tertiary alicyclic amines) is 1. The monoisotopic (exact) mass is 321 g/mol. The highest BCUT2D eigenvalue weighted by molar-refractivity contribution is 5.89. The van der Waals surface area contributed by atoms with Gasteiger partial charge in [-0.05, 0) is 63.0 Å². The highest BCUT2D eigenvalue weighted by Crippen LogP contribution is 2.17. The van der Waals surface area contributed by atoms with Crippen molar-refractivity contribution in [2.24, 2.45) is 0 Å². The Labute approximate surface area is 137 Å². The molecule has 128 valence electrons. The maximum atomic E-state index is 11.8. The molecule has 0 radical (unpaired) electrons. The predicted octanol–water partition coefficient (Wildman–Crippen LogP) is 2.05. The molecule has 0 spiro atoms. The second kappa shape index (κ2) is 9.37. The smallest absolute Gasteiger partial charge is 0.319 e. The zero-order chi connectivity index (χ0) is 16.5. The number of rotatable bonds is 8. The number of amides is 2. The largest absolute Gasteiger partial charge is 0.497 e. The summed E-state index contributed by atoms with van der Waals surface area (Å²) in [6, 6.07) is 7.37. The van der Waals surface area contributed by atoms with E-state index in [2.05, 4.69) is 15.5 Å². The molecule has 1 aromatic carbocycles. The zero-order valence-corrected chi connectivity index (χ0v) is 13.8. The van der Waals surface area contributed by atoms with Crippen LogP contribution in [0.25, 0.3) is 0 Å². The average molecular weight is 321 g/mol. The second-order valence-corrected chi connectivity index (χ2v) is 5.83. The van der Waals surface area contributed by atoms with Crippen LogP contribution in [0.1, 0.15) is 25.7 Å². The third-order valence-corrected chi connectivity index (χ3v) is 4.22. The van der Waals surface area contributed by atoms with Gasteiger partial charge in [-0.1, -0.05) is 0 Å². The number of unbranched alkanes of at least 4 members (excludes halogenated alkanes) is 1. The molecule has 0 saturated carbocycles. The van der Waals surface area contributed by atoms with Gasteiger partial charge >= 0.3 is 6.03 Å². The number of hydrogen-bond acceptors (Lipinski definition) is 4. The van der Waals surface area contributed by atoms with Crippen molar-refractivity contribution in [2.75, 3.05) is 38.7 Å². The van der Waals surface area contributed by atoms with Crippen molar-refractivity contribution in [3.8, 4) is 5.75 Å². The normalized spacial score (nSPS) is 17.9. The molecule has 1 unspecified atom stereocenters. The average Bonchev–Trinajstić information content (AvgIpc) is 3.02. The summed E-state index contributed by atoms with van der Waals surface area (Å²) in [6.07, 6.45) is 4.23. The Morgan fingerprint density at radius 2 is 2.13 bits per heavy atom. The molecule has 0 aromatic heterocycles. The molecule has 0 bridgehead atoms. The fourth-order valence-electron chi connectivity index (χ4n) is 2.89. The Hall–Kier alpha value is -1.79. The fourth-order valence-corrected chi connectivity index (χ4v) is 2.89. The lowest BCUT2D eigenvalue weighted by Crippen LogP contribution is -2.34. The third kappa shape index (κ3) is 5.73. The summed E-state index contributed by atoms with van der Waals surface area (Å²) >= 11 is 0. The SMILES string of the molecule is COc1ccc(NC(=O)NCCCCN2CCCC2CO)cc1. The van der Waals surface area contributed by atoms with Crippen LogP contribution in [0.15, 0.2) is 24.3 Å². The number of urea groups is 1. The first-order valence-electron chi connectivity index (χ1n) is 8.26. The quantitative estimate of drug-likeness (QED) is 0.641. The Bertz CT molecular complexity index is 478. The lowest BCUT2D eigenvalue weighted by atomic mass is 10.2. The molecular formula is C17H27N3O3. The van der Waals surface area contributed by atoms with Crippen molar-refractivity contribution in [3.05, 3.63) is 24.3 Å². The lowest BCUT2D eigenvalue weighted by Gasteiger charge is -2.22. The summed E-state index contributed by atoms with van der Waals surface area (Å²) in [4.78, 5) is 14.1. The Morgan fingerprint density at radius 3 is 2.83 bits per heavy atom. The molecule has 3 N–H and O–H groups in total. The second-order valence-electron chi connectivity index (χ2n) is 5.83. The van der Waals surface area contributed by atoms with E-state index >= 15 is 0 Å². The van der Waals surface area contributed by atoms with Crippen LogP contribution in [0.5, 0.6) is 5.75 Å². The van der Waals surface area contributed by atoms with E-state index in [1.165, 1.54) is 6.42 Å². The maximum absolute atomic E-state index is 11.8. The lowest BCUT2D eigenvalue weighted by molar-refractivity contribution is 0.157. The molecule has 2 rings (SSSR count). The van der Waals surface area contributed by atoms with Gasteiger partial charge in [-0.25, -0.2) is 4.79 Å². The number of aliphatic hydroxyl groups is 1. The molecular weight excluding hydrogens is 294 g/mol. The fraction of sp³-hybridized carbons (Fsp3) is 0.588. The number of nitrogens with one attached hydrogen (secondary N) is 2. The van der Waals surface area contributed by atoms with E-state index in [4.69, 9.17) is 4.74 Å². The molecule has 1 heterocycles. The number of carbonyl (C=O) groups excluding carboxylic acids is 1. The number of aliphatic hydroxyl groups excluding tert-OH is 1. The van der Waals surface area contributed by atoms with Crippen molar-refractivity contribution in [3.63, 3.8) is 0 Å². The van der Waals surface area contributed by atoms with Crippen LogP contribution in [0.3, 0.4) is 0 Å². The van der Waals surface area contributed by atoms with Gasteiger partial charge in [0.1, 0.15) is 5.75 Å². The van der Waals surface area contributed by atoms with E-state index in [9.17, 15) is 9.90 Å². The number of carbonyl (C=O) groups is 1. The van der Waals surface area contributed by atoms with Crippen molar-refractivity contribution in [1.29, 1.82) is 0 Å². The van der Waals surface area contributed by atoms with Gasteiger partial charge in [-0.2, -0.15) is 0 Å². The van der Waals surface area contributed by atoms with E-state index in [0.717, 1.165) is 43.8 Å². The van der Waals surface area contributed by atoms with E-state index in [1.807, 2.05) is 12.1 Å². The molecule has 6 heteroatoms. The van der Waals surface area contributed by atoms with Crippen LogP contribution in [-0.2, 0) is 0 Å². The van der Waals surface area contributed by atoms with Crippen LogP contribution < -0.4 is 15.4 Å². The maximum Gasteiger partial charge on any atom is 0.319 e. The molecule has 23 heavy (non-hydrogen) atoms. The topological polar surface area (TPSA) is 73.8 Å². The number of ether oxygens (including phenoxy) is 1. The first kappa shape index (κ1) is 17.6. The van der Waals surface area contributed by atoms with Crippen LogP contribution in [0, 0.1) is 0 Å². The third-order valence-electron chi connectivity index (χ3n) is 4.22. The molecule has 0 aliphatic carbocycles. The number of hydrogen-bond donors (Lipinski definition) is 3. The molecule has 1 saturated heterocycles. The minimum absolute atomic E-state index is 0.190. The molecule has 1 aliphatic heterocycles. The Morgan fingerprint density at radius 1 is 1.35 bits per heavy atom. The summed E-state index contributed by atoms with van der Waals surface area (Å²) in [5.74, 6) is 0.763. The Kier molecular flexibility index (Phi) is 7.16. The van der Waals surface area contributed by atoms with Crippen LogP contribution in [0.2, 0.25) is 0 Å². The van der Waals surface area contributed by atoms with Gasteiger partial charge in [0.15, 0.2) is 0 Å². The van der Waals surface area contributed by atoms with E-state index in [1.54, 1.807) is 19.2 Å². The van der Waals surface area contributed by atoms with Crippen molar-refractivity contribution < 1.29 is 14.6 Å². The molecule has 2 amide bonds. The number of nitrogens with zero attached hydrogens (tertiary/aromatic N) is 1. The highest BCUT2D eigenvalue weighted by Gasteiger charge is 2.22. The predicted molar refractivity (Wildman–Crippen MR) is 90.9 cm³/mol. The van der Waals surface area contributed by atoms with Gasteiger partial charge in [-0.3, -0.25) is 4.90 Å². The van der Waals surface area contributed by atoms with Crippen LogP contribution in [0.4, 0.5) is 10.5 Å². The van der Waals surface area contributed by atoms with Gasteiger partial charge in [0.05, 0.1) is 13.7 Å².